The average molecular weight is 504 g/mol. The lowest BCUT2D eigenvalue weighted by molar-refractivity contribution is -0.384. The maximum Gasteiger partial charge on any atom is 0.416 e. The van der Waals surface area contributed by atoms with Crippen LogP contribution in [0.1, 0.15) is 22.3 Å². The molecular weight excluding hydrogens is 484 g/mol. The summed E-state index contributed by atoms with van der Waals surface area (Å²) in [6.07, 6.45) is -4.51. The first-order chi connectivity index (χ1) is 17.1. The second-order valence-corrected chi connectivity index (χ2v) is 7.52. The van der Waals surface area contributed by atoms with Crippen LogP contribution in [0.2, 0.25) is 0 Å². The fraction of sp³-hybridized carbons (Fsp3) is 0.167. The molecule has 0 aliphatic heterocycles. The van der Waals surface area contributed by atoms with Gasteiger partial charge in [-0.2, -0.15) is 13.2 Å². The second kappa shape index (κ2) is 11.3. The normalized spacial score (nSPS) is 11.0. The molecule has 3 aromatic carbocycles. The van der Waals surface area contributed by atoms with Gasteiger partial charge in [0.1, 0.15) is 5.82 Å². The van der Waals surface area contributed by atoms with E-state index in [2.05, 4.69) is 10.6 Å². The van der Waals surface area contributed by atoms with Crippen molar-refractivity contribution in [2.45, 2.75) is 12.6 Å². The molecule has 0 fully saturated rings. The second-order valence-electron chi connectivity index (χ2n) is 7.52. The third-order valence-electron chi connectivity index (χ3n) is 5.02. The van der Waals surface area contributed by atoms with Gasteiger partial charge in [-0.25, -0.2) is 9.18 Å². The smallest absolute Gasteiger partial charge is 0.352 e. The quantitative estimate of drug-likeness (QED) is 0.180. The monoisotopic (exact) mass is 504 g/mol. The van der Waals surface area contributed by atoms with Gasteiger partial charge in [0.2, 0.25) is 0 Å². The summed E-state index contributed by atoms with van der Waals surface area (Å²) in [7, 11) is 0. The summed E-state index contributed by atoms with van der Waals surface area (Å²) in [4.78, 5) is 36.4. The molecule has 0 atom stereocenters. The highest BCUT2D eigenvalue weighted by molar-refractivity contribution is 6.01. The predicted octanol–water partition coefficient (Wildman–Crippen LogP) is 5.61. The van der Waals surface area contributed by atoms with E-state index in [0.717, 1.165) is 29.2 Å². The van der Waals surface area contributed by atoms with Gasteiger partial charge in [0.05, 0.1) is 16.1 Å². The predicted molar refractivity (Wildman–Crippen MR) is 124 cm³/mol. The van der Waals surface area contributed by atoms with Gasteiger partial charge in [0.25, 0.3) is 11.6 Å². The van der Waals surface area contributed by atoms with Crippen LogP contribution >= 0.6 is 0 Å². The minimum absolute atomic E-state index is 0.00738. The van der Waals surface area contributed by atoms with Crippen molar-refractivity contribution in [1.82, 2.24) is 5.32 Å². The fourth-order valence-corrected chi connectivity index (χ4v) is 3.24. The molecule has 2 N–H and O–H groups in total. The molecule has 0 radical (unpaired) electrons. The summed E-state index contributed by atoms with van der Waals surface area (Å²) in [6.45, 7) is -0.0921. The van der Waals surface area contributed by atoms with Crippen LogP contribution in [0.3, 0.4) is 0 Å². The Labute approximate surface area is 202 Å². The Morgan fingerprint density at radius 3 is 2.31 bits per heavy atom. The number of anilines is 2. The maximum atomic E-state index is 13.8. The molecule has 3 amide bonds. The van der Waals surface area contributed by atoms with Gasteiger partial charge in [-0.1, -0.05) is 18.2 Å². The molecule has 0 heterocycles. The van der Waals surface area contributed by atoms with Crippen molar-refractivity contribution in [1.29, 1.82) is 0 Å². The van der Waals surface area contributed by atoms with Gasteiger partial charge < -0.3 is 10.6 Å². The summed E-state index contributed by atoms with van der Waals surface area (Å²) >= 11 is 0. The molecule has 0 saturated heterocycles. The Morgan fingerprint density at radius 2 is 1.67 bits per heavy atom. The standard InChI is InChI=1S/C24H20F4N4O4/c25-21-8-2-1-7-20(21)22(33)29-13-4-14-31(19-6-3-5-16(15-19)24(26,27)28)23(34)30-17-9-11-18(12-10-17)32(35)36/h1-3,5-12,15H,4,13-14H2,(H,29,33)(H,30,34). The summed E-state index contributed by atoms with van der Waals surface area (Å²) < 4.78 is 53.4. The molecule has 8 nitrogen and oxygen atoms in total. The van der Waals surface area contributed by atoms with Crippen LogP contribution < -0.4 is 15.5 Å². The fourth-order valence-electron chi connectivity index (χ4n) is 3.24. The molecule has 12 heteroatoms. The zero-order chi connectivity index (χ0) is 26.3. The van der Waals surface area contributed by atoms with E-state index in [1.807, 2.05) is 0 Å². The van der Waals surface area contributed by atoms with Crippen LogP contribution in [-0.2, 0) is 6.18 Å². The molecule has 0 saturated carbocycles. The first-order valence-corrected chi connectivity index (χ1v) is 10.6. The lowest BCUT2D eigenvalue weighted by Crippen LogP contribution is -2.37. The molecule has 0 aliphatic rings. The third kappa shape index (κ3) is 6.78. The van der Waals surface area contributed by atoms with Gasteiger partial charge >= 0.3 is 12.2 Å². The number of hydrogen-bond donors (Lipinski definition) is 2. The van der Waals surface area contributed by atoms with Crippen LogP contribution in [0.4, 0.5) is 39.4 Å². The Balaban J connectivity index is 1.74. The van der Waals surface area contributed by atoms with Crippen LogP contribution in [-0.4, -0.2) is 30.0 Å². The minimum Gasteiger partial charge on any atom is -0.352 e. The highest BCUT2D eigenvalue weighted by atomic mass is 19.4. The number of alkyl halides is 3. The minimum atomic E-state index is -4.63. The lowest BCUT2D eigenvalue weighted by atomic mass is 10.1. The van der Waals surface area contributed by atoms with Crippen molar-refractivity contribution >= 4 is 29.0 Å². The summed E-state index contributed by atoms with van der Waals surface area (Å²) in [5.74, 6) is -1.38. The van der Waals surface area contributed by atoms with Crippen molar-refractivity contribution in [3.8, 4) is 0 Å². The summed E-state index contributed by atoms with van der Waals surface area (Å²) in [5, 5.41) is 15.8. The van der Waals surface area contributed by atoms with E-state index in [1.54, 1.807) is 0 Å². The number of benzene rings is 3. The number of halogens is 4. The number of carbonyl (C=O) groups excluding carboxylic acids is 2. The molecule has 0 spiro atoms. The Hall–Kier alpha value is -4.48. The third-order valence-corrected chi connectivity index (χ3v) is 5.02. The van der Waals surface area contributed by atoms with Crippen LogP contribution in [0.25, 0.3) is 0 Å². The van der Waals surface area contributed by atoms with Crippen LogP contribution in [0.15, 0.2) is 72.8 Å². The molecular formula is C24H20F4N4O4. The molecule has 0 bridgehead atoms. The Morgan fingerprint density at radius 1 is 0.972 bits per heavy atom. The topological polar surface area (TPSA) is 105 Å². The molecule has 3 rings (SSSR count). The number of carbonyl (C=O) groups is 2. The highest BCUT2D eigenvalue weighted by Gasteiger charge is 2.31. The molecule has 0 aliphatic carbocycles. The van der Waals surface area contributed by atoms with Crippen molar-refractivity contribution in [3.05, 3.63) is 99.9 Å². The largest absolute Gasteiger partial charge is 0.416 e. The number of non-ortho nitro benzene ring substituents is 1. The number of amides is 3. The number of urea groups is 1. The Bertz CT molecular complexity index is 1250. The molecule has 0 aromatic heterocycles. The van der Waals surface area contributed by atoms with Crippen molar-refractivity contribution < 1.29 is 32.1 Å². The van der Waals surface area contributed by atoms with E-state index in [0.29, 0.717) is 0 Å². The maximum absolute atomic E-state index is 13.8. The van der Waals surface area contributed by atoms with Gasteiger partial charge in [0.15, 0.2) is 0 Å². The average Bonchev–Trinajstić information content (AvgIpc) is 2.84. The number of nitrogens with one attached hydrogen (secondary N) is 2. The summed E-state index contributed by atoms with van der Waals surface area (Å²) in [5.41, 5.74) is -1.18. The van der Waals surface area contributed by atoms with Gasteiger partial charge in [-0.15, -0.1) is 0 Å². The van der Waals surface area contributed by atoms with Gasteiger partial charge in [-0.05, 0) is 48.9 Å². The SMILES string of the molecule is O=C(NCCCN(C(=O)Nc1ccc([N+](=O)[O-])cc1)c1cccc(C(F)(F)F)c1)c1ccccc1F. The van der Waals surface area contributed by atoms with Crippen molar-refractivity contribution in [3.63, 3.8) is 0 Å². The van der Waals surface area contributed by atoms with Crippen LogP contribution in [0, 0.1) is 15.9 Å². The zero-order valence-electron chi connectivity index (χ0n) is 18.6. The first-order valence-electron chi connectivity index (χ1n) is 10.6. The van der Waals surface area contributed by atoms with E-state index >= 15 is 0 Å². The van der Waals surface area contributed by atoms with E-state index in [4.69, 9.17) is 0 Å². The Kier molecular flexibility index (Phi) is 8.20. The number of rotatable bonds is 8. The molecule has 0 unspecified atom stereocenters. The number of hydrogen-bond acceptors (Lipinski definition) is 4. The van der Waals surface area contributed by atoms with E-state index in [9.17, 15) is 37.3 Å². The lowest BCUT2D eigenvalue weighted by Gasteiger charge is -2.24. The van der Waals surface area contributed by atoms with Gasteiger partial charge in [0, 0.05) is 36.6 Å². The number of nitrogens with zero attached hydrogens (tertiary/aromatic N) is 2. The highest BCUT2D eigenvalue weighted by Crippen LogP contribution is 2.32. The van der Waals surface area contributed by atoms with E-state index < -0.39 is 34.4 Å². The van der Waals surface area contributed by atoms with Gasteiger partial charge in [-0.3, -0.25) is 19.8 Å². The van der Waals surface area contributed by atoms with E-state index in [-0.39, 0.29) is 42.1 Å². The molecule has 36 heavy (non-hydrogen) atoms. The van der Waals surface area contributed by atoms with Crippen molar-refractivity contribution in [2.75, 3.05) is 23.3 Å². The number of nitro benzene ring substituents is 1. The molecule has 3 aromatic rings. The first kappa shape index (κ1) is 26.1. The van der Waals surface area contributed by atoms with Crippen LogP contribution in [0.5, 0.6) is 0 Å². The number of nitro groups is 1. The van der Waals surface area contributed by atoms with E-state index in [1.165, 1.54) is 48.5 Å². The molecule has 188 valence electrons. The zero-order valence-corrected chi connectivity index (χ0v) is 18.6. The summed E-state index contributed by atoms with van der Waals surface area (Å²) in [6, 6.07) is 13.6. The van der Waals surface area contributed by atoms with Crippen molar-refractivity contribution in [2.24, 2.45) is 0 Å².